The molecule has 1 unspecified atom stereocenters. The first-order chi connectivity index (χ1) is 2.27. The Kier molecular flexibility index (Phi) is 24.6. The molecule has 0 heterocycles. The van der Waals surface area contributed by atoms with Gasteiger partial charge in [-0.3, -0.25) is 0 Å². The molecule has 3 heteroatoms. The van der Waals surface area contributed by atoms with Crippen molar-refractivity contribution in [3.8, 4) is 0 Å². The molecule has 0 aliphatic heterocycles. The molecule has 0 radical (unpaired) electrons. The first kappa shape index (κ1) is 16.0. The molecule has 0 spiro atoms. The summed E-state index contributed by atoms with van der Waals surface area (Å²) in [6.45, 7) is 4.42. The predicted octanol–water partition coefficient (Wildman–Crippen LogP) is -4.62. The Morgan fingerprint density at radius 1 is 1.57 bits per heavy atom. The largest absolute Gasteiger partial charge is 1.00 e. The molecule has 0 aliphatic carbocycles. The van der Waals surface area contributed by atoms with Crippen molar-refractivity contribution in [2.45, 2.75) is 24.9 Å². The molecule has 0 fully saturated rings. The average Bonchev–Trinajstić information content (AvgIpc) is 1.38. The summed E-state index contributed by atoms with van der Waals surface area (Å²) in [5.74, 6) is 0. The molecule has 0 aromatic carbocycles. The van der Waals surface area contributed by atoms with Gasteiger partial charge in [-0.05, 0) is 0 Å². The van der Waals surface area contributed by atoms with Gasteiger partial charge in [-0.15, -0.1) is 0 Å². The van der Waals surface area contributed by atoms with E-state index in [4.69, 9.17) is 0 Å². The van der Waals surface area contributed by atoms with Crippen LogP contribution < -0.4 is 42.0 Å². The van der Waals surface area contributed by atoms with Crippen LogP contribution in [-0.2, 0) is 0 Å². The van der Waals surface area contributed by atoms with Gasteiger partial charge in [0.2, 0.25) is 0 Å². The maximum absolute atomic E-state index is 2.22. The van der Waals surface area contributed by atoms with Crippen molar-refractivity contribution >= 4 is 17.7 Å². The Balaban J connectivity index is -0.0000000800. The van der Waals surface area contributed by atoms with Crippen LogP contribution in [0.5, 0.6) is 0 Å². The Hall–Kier alpha value is 1.89. The van der Waals surface area contributed by atoms with Crippen LogP contribution >= 0.6 is 0 Å². The monoisotopic (exact) mass is 122 g/mol. The van der Waals surface area contributed by atoms with Gasteiger partial charge in [-0.2, -0.15) is 0 Å². The third-order valence-corrected chi connectivity index (χ3v) is 0.816. The minimum absolute atomic E-state index is 0. The molecule has 0 saturated carbocycles. The van der Waals surface area contributed by atoms with Crippen molar-refractivity contribution in [2.24, 2.45) is 0 Å². The van der Waals surface area contributed by atoms with Crippen LogP contribution in [0.15, 0.2) is 0 Å². The van der Waals surface area contributed by atoms with E-state index in [0.717, 1.165) is 4.59 Å². The molecule has 0 rings (SSSR count). The van der Waals surface area contributed by atoms with E-state index in [1.165, 1.54) is 6.42 Å². The second-order valence-corrected chi connectivity index (χ2v) is 1.80. The fraction of sp³-hybridized carbons (Fsp3) is 1.00. The van der Waals surface area contributed by atoms with Crippen LogP contribution in [0.2, 0.25) is 4.59 Å². The van der Waals surface area contributed by atoms with E-state index in [2.05, 4.69) is 31.6 Å². The van der Waals surface area contributed by atoms with Crippen molar-refractivity contribution in [1.82, 2.24) is 0 Å². The van der Waals surface area contributed by atoms with Crippen molar-refractivity contribution in [1.29, 1.82) is 0 Å². The normalized spacial score (nSPS) is 10.9. The van der Waals surface area contributed by atoms with Gasteiger partial charge in [0.15, 0.2) is 0 Å². The molecule has 0 bridgehead atoms. The quantitative estimate of drug-likeness (QED) is 0.307. The second-order valence-electron chi connectivity index (χ2n) is 1.80. The summed E-state index contributed by atoms with van der Waals surface area (Å²) in [7, 11) is 0. The number of halogens is 1. The SMILES string of the molecule is [Cl-].[Li][CH](C)CC.[Na+]. The fourth-order valence-corrected chi connectivity index (χ4v) is 0. The van der Waals surface area contributed by atoms with E-state index in [-0.39, 0.29) is 42.0 Å². The first-order valence-electron chi connectivity index (χ1n) is 2.27. The zero-order chi connectivity index (χ0) is 4.28. The van der Waals surface area contributed by atoms with Gasteiger partial charge < -0.3 is 12.4 Å². The molecular weight excluding hydrogens is 113 g/mol. The van der Waals surface area contributed by atoms with Gasteiger partial charge in [-0.25, -0.2) is 0 Å². The standard InChI is InChI=1S/C4H9.ClH.Li.Na/c1-3-4-2;;;/h3H,4H2,1-2H3;1H;;/q;;;+1/p-1. The summed E-state index contributed by atoms with van der Waals surface area (Å²) in [5.41, 5.74) is 0. The maximum Gasteiger partial charge on any atom is 1.00 e. The Labute approximate surface area is 83.7 Å². The van der Waals surface area contributed by atoms with Crippen molar-refractivity contribution in [3.63, 3.8) is 0 Å². The number of hydrogen-bond acceptors (Lipinski definition) is 0. The van der Waals surface area contributed by atoms with Crippen molar-refractivity contribution < 1.29 is 42.0 Å². The second kappa shape index (κ2) is 10.8. The Morgan fingerprint density at radius 3 is 1.71 bits per heavy atom. The van der Waals surface area contributed by atoms with Crippen LogP contribution in [0, 0.1) is 0 Å². The molecule has 0 aromatic heterocycles. The summed E-state index contributed by atoms with van der Waals surface area (Å²) in [4.78, 5) is 0. The van der Waals surface area contributed by atoms with Gasteiger partial charge in [0.1, 0.15) is 0 Å². The van der Waals surface area contributed by atoms with Crippen molar-refractivity contribution in [3.05, 3.63) is 0 Å². The topological polar surface area (TPSA) is 0 Å². The molecule has 0 nitrogen and oxygen atoms in total. The van der Waals surface area contributed by atoms with E-state index in [9.17, 15) is 0 Å². The van der Waals surface area contributed by atoms with Gasteiger partial charge in [0.25, 0.3) is 0 Å². The first-order valence-corrected chi connectivity index (χ1v) is 2.27. The van der Waals surface area contributed by atoms with E-state index < -0.39 is 0 Å². The van der Waals surface area contributed by atoms with Crippen LogP contribution in [0.25, 0.3) is 0 Å². The number of rotatable bonds is 1. The average molecular weight is 122 g/mol. The van der Waals surface area contributed by atoms with Crippen LogP contribution in [0.1, 0.15) is 20.3 Å². The summed E-state index contributed by atoms with van der Waals surface area (Å²) in [6, 6.07) is 0. The fourth-order valence-electron chi connectivity index (χ4n) is 0. The molecule has 34 valence electrons. The smallest absolute Gasteiger partial charge is 1.00 e. The summed E-state index contributed by atoms with van der Waals surface area (Å²) >= 11 is 2.22. The van der Waals surface area contributed by atoms with Crippen LogP contribution in [-0.4, -0.2) is 17.7 Å². The Morgan fingerprint density at radius 2 is 1.71 bits per heavy atom. The molecule has 7 heavy (non-hydrogen) atoms. The van der Waals surface area contributed by atoms with E-state index in [0.29, 0.717) is 0 Å². The third-order valence-electron chi connectivity index (χ3n) is 0.816. The zero-order valence-electron chi connectivity index (χ0n) is 5.66. The maximum atomic E-state index is 2.22. The summed E-state index contributed by atoms with van der Waals surface area (Å²) < 4.78 is 0.884. The number of hydrogen-bond donors (Lipinski definition) is 0. The minimum atomic E-state index is 0. The molecule has 0 amide bonds. The Bertz CT molecular complexity index is 25.7. The predicted molar refractivity (Wildman–Crippen MR) is 25.5 cm³/mol. The molecular formula is C4H9ClLiNa. The van der Waals surface area contributed by atoms with Gasteiger partial charge >= 0.3 is 72.1 Å². The van der Waals surface area contributed by atoms with Gasteiger partial charge in [0.05, 0.1) is 0 Å². The molecule has 0 saturated heterocycles. The summed E-state index contributed by atoms with van der Waals surface area (Å²) in [6.07, 6.45) is 1.31. The summed E-state index contributed by atoms with van der Waals surface area (Å²) in [5, 5.41) is 0. The molecule has 0 aromatic rings. The van der Waals surface area contributed by atoms with Crippen molar-refractivity contribution in [2.75, 3.05) is 0 Å². The van der Waals surface area contributed by atoms with Gasteiger partial charge in [0, 0.05) is 0 Å². The van der Waals surface area contributed by atoms with Crippen LogP contribution in [0.4, 0.5) is 0 Å². The van der Waals surface area contributed by atoms with E-state index in [1.54, 1.807) is 0 Å². The molecule has 1 atom stereocenters. The minimum Gasteiger partial charge on any atom is 1.00 e. The molecule has 0 aliphatic rings. The van der Waals surface area contributed by atoms with Crippen LogP contribution in [0.3, 0.4) is 0 Å². The molecule has 0 N–H and O–H groups in total. The third kappa shape index (κ3) is 18.1. The zero-order valence-corrected chi connectivity index (χ0v) is 8.42. The van der Waals surface area contributed by atoms with E-state index >= 15 is 0 Å². The van der Waals surface area contributed by atoms with Gasteiger partial charge in [-0.1, -0.05) is 0 Å². The van der Waals surface area contributed by atoms with E-state index in [1.807, 2.05) is 0 Å².